The molecule has 0 spiro atoms. The van der Waals surface area contributed by atoms with Gasteiger partial charge in [-0.25, -0.2) is 4.98 Å². The van der Waals surface area contributed by atoms with E-state index in [2.05, 4.69) is 10.3 Å². The van der Waals surface area contributed by atoms with Crippen LogP contribution >= 0.6 is 11.6 Å². The number of aromatic nitrogens is 2. The normalized spacial score (nSPS) is 11.8. The van der Waals surface area contributed by atoms with Crippen molar-refractivity contribution < 1.29 is 18.0 Å². The zero-order chi connectivity index (χ0) is 19.9. The van der Waals surface area contributed by atoms with Gasteiger partial charge in [0.2, 0.25) is 0 Å². The molecule has 1 N–H and O–H groups in total. The Balaban J connectivity index is 2.15. The van der Waals surface area contributed by atoms with E-state index < -0.39 is 17.6 Å². The predicted octanol–water partition coefficient (Wildman–Crippen LogP) is 5.44. The molecule has 3 aromatic rings. The summed E-state index contributed by atoms with van der Waals surface area (Å²) in [5.41, 5.74) is 2.06. The highest BCUT2D eigenvalue weighted by molar-refractivity contribution is 6.33. The number of anilines is 1. The summed E-state index contributed by atoms with van der Waals surface area (Å²) in [5, 5.41) is 2.61. The van der Waals surface area contributed by atoms with Gasteiger partial charge in [0.15, 0.2) is 5.65 Å². The number of nitrogens with zero attached hydrogens (tertiary/aromatic N) is 2. The van der Waals surface area contributed by atoms with Crippen molar-refractivity contribution >= 4 is 28.8 Å². The fraction of sp³-hybridized carbons (Fsp3) is 0.263. The lowest BCUT2D eigenvalue weighted by Crippen LogP contribution is -2.18. The van der Waals surface area contributed by atoms with Crippen LogP contribution in [0.15, 0.2) is 30.5 Å². The summed E-state index contributed by atoms with van der Waals surface area (Å²) in [6.45, 7) is 5.54. The highest BCUT2D eigenvalue weighted by Gasteiger charge is 2.33. The predicted molar refractivity (Wildman–Crippen MR) is 98.5 cm³/mol. The summed E-state index contributed by atoms with van der Waals surface area (Å²) >= 11 is 6.01. The van der Waals surface area contributed by atoms with E-state index in [1.165, 1.54) is 0 Å². The van der Waals surface area contributed by atoms with Gasteiger partial charge in [-0.05, 0) is 43.5 Å². The second kappa shape index (κ2) is 6.88. The van der Waals surface area contributed by atoms with E-state index in [-0.39, 0.29) is 16.4 Å². The van der Waals surface area contributed by atoms with Crippen LogP contribution in [0.2, 0.25) is 5.02 Å². The fourth-order valence-electron chi connectivity index (χ4n) is 2.86. The monoisotopic (exact) mass is 395 g/mol. The first-order chi connectivity index (χ1) is 12.6. The minimum Gasteiger partial charge on any atom is -0.320 e. The molecule has 4 nitrogen and oxygen atoms in total. The van der Waals surface area contributed by atoms with E-state index in [0.717, 1.165) is 27.8 Å². The molecule has 0 unspecified atom stereocenters. The standard InChI is InChI=1S/C19H17ClF3N3O/c1-4-14-16(18(27)25-15-7-5-6-10(2)11(15)3)26-9-12(19(21,22)23)8-13(20)17(26)24-14/h5-9H,4H2,1-3H3,(H,25,27). The summed E-state index contributed by atoms with van der Waals surface area (Å²) in [4.78, 5) is 17.2. The van der Waals surface area contributed by atoms with Crippen molar-refractivity contribution in [3.63, 3.8) is 0 Å². The third-order valence-electron chi connectivity index (χ3n) is 4.48. The smallest absolute Gasteiger partial charge is 0.320 e. The first-order valence-electron chi connectivity index (χ1n) is 8.28. The summed E-state index contributed by atoms with van der Waals surface area (Å²) in [6, 6.07) is 6.26. The lowest BCUT2D eigenvalue weighted by molar-refractivity contribution is -0.137. The van der Waals surface area contributed by atoms with Crippen molar-refractivity contribution in [3.05, 3.63) is 63.6 Å². The number of pyridine rings is 1. The average molecular weight is 396 g/mol. The number of nitrogens with one attached hydrogen (secondary N) is 1. The molecule has 2 aromatic heterocycles. The number of rotatable bonds is 3. The Kier molecular flexibility index (Phi) is 4.90. The van der Waals surface area contributed by atoms with Crippen LogP contribution in [0.25, 0.3) is 5.65 Å². The number of halogens is 4. The second-order valence-corrected chi connectivity index (χ2v) is 6.64. The van der Waals surface area contributed by atoms with Crippen LogP contribution in [0.3, 0.4) is 0 Å². The number of amides is 1. The first kappa shape index (κ1) is 19.2. The lowest BCUT2D eigenvalue weighted by Gasteiger charge is -2.12. The highest BCUT2D eigenvalue weighted by atomic mass is 35.5. The molecule has 1 aromatic carbocycles. The van der Waals surface area contributed by atoms with Gasteiger partial charge in [0.25, 0.3) is 5.91 Å². The molecule has 0 saturated carbocycles. The molecular weight excluding hydrogens is 379 g/mol. The Morgan fingerprint density at radius 2 is 2.00 bits per heavy atom. The van der Waals surface area contributed by atoms with Gasteiger partial charge in [0, 0.05) is 11.9 Å². The minimum atomic E-state index is -4.59. The molecule has 3 rings (SSSR count). The van der Waals surface area contributed by atoms with Crippen molar-refractivity contribution in [1.82, 2.24) is 9.38 Å². The van der Waals surface area contributed by atoms with E-state index >= 15 is 0 Å². The fourth-order valence-corrected chi connectivity index (χ4v) is 3.11. The van der Waals surface area contributed by atoms with Gasteiger partial charge < -0.3 is 5.32 Å². The van der Waals surface area contributed by atoms with Crippen molar-refractivity contribution in [3.8, 4) is 0 Å². The van der Waals surface area contributed by atoms with Crippen LogP contribution in [0.5, 0.6) is 0 Å². The number of fused-ring (bicyclic) bond motifs is 1. The molecule has 0 bridgehead atoms. The maximum Gasteiger partial charge on any atom is 0.417 e. The molecule has 0 saturated heterocycles. The molecule has 0 radical (unpaired) electrons. The number of hydrogen-bond acceptors (Lipinski definition) is 2. The zero-order valence-corrected chi connectivity index (χ0v) is 15.7. The van der Waals surface area contributed by atoms with Gasteiger partial charge in [-0.15, -0.1) is 0 Å². The second-order valence-electron chi connectivity index (χ2n) is 6.23. The van der Waals surface area contributed by atoms with Crippen LogP contribution in [-0.2, 0) is 12.6 Å². The third-order valence-corrected chi connectivity index (χ3v) is 4.76. The van der Waals surface area contributed by atoms with E-state index in [1.54, 1.807) is 19.1 Å². The Bertz CT molecular complexity index is 1040. The van der Waals surface area contributed by atoms with Crippen molar-refractivity contribution in [2.45, 2.75) is 33.4 Å². The van der Waals surface area contributed by atoms with Crippen molar-refractivity contribution in [2.75, 3.05) is 5.32 Å². The van der Waals surface area contributed by atoms with Crippen LogP contribution in [-0.4, -0.2) is 15.3 Å². The maximum absolute atomic E-state index is 13.2. The number of hydrogen-bond donors (Lipinski definition) is 1. The van der Waals surface area contributed by atoms with E-state index in [0.29, 0.717) is 17.8 Å². The lowest BCUT2D eigenvalue weighted by atomic mass is 10.1. The summed E-state index contributed by atoms with van der Waals surface area (Å²) in [5.74, 6) is -0.538. The first-order valence-corrected chi connectivity index (χ1v) is 8.66. The largest absolute Gasteiger partial charge is 0.417 e. The molecular formula is C19H17ClF3N3O. The van der Waals surface area contributed by atoms with Gasteiger partial charge >= 0.3 is 6.18 Å². The summed E-state index contributed by atoms with van der Waals surface area (Å²) in [7, 11) is 0. The molecule has 0 aliphatic rings. The zero-order valence-electron chi connectivity index (χ0n) is 14.9. The van der Waals surface area contributed by atoms with Gasteiger partial charge in [0.1, 0.15) is 5.69 Å². The SMILES string of the molecule is CCc1nc2c(Cl)cc(C(F)(F)F)cn2c1C(=O)Nc1cccc(C)c1C. The summed E-state index contributed by atoms with van der Waals surface area (Å²) < 4.78 is 40.6. The molecule has 27 heavy (non-hydrogen) atoms. The quantitative estimate of drug-likeness (QED) is 0.642. The van der Waals surface area contributed by atoms with E-state index in [4.69, 9.17) is 11.6 Å². The molecule has 142 valence electrons. The Hall–Kier alpha value is -2.54. The van der Waals surface area contributed by atoms with Gasteiger partial charge in [-0.2, -0.15) is 13.2 Å². The number of alkyl halides is 3. The van der Waals surface area contributed by atoms with Crippen LogP contribution in [0.1, 0.15) is 39.8 Å². The van der Waals surface area contributed by atoms with Crippen molar-refractivity contribution in [2.24, 2.45) is 0 Å². The topological polar surface area (TPSA) is 46.4 Å². The van der Waals surface area contributed by atoms with E-state index in [1.807, 2.05) is 19.9 Å². The van der Waals surface area contributed by atoms with E-state index in [9.17, 15) is 18.0 Å². The number of aryl methyl sites for hydroxylation is 2. The number of carbonyl (C=O) groups is 1. The highest BCUT2D eigenvalue weighted by Crippen LogP contribution is 2.33. The average Bonchev–Trinajstić information content (AvgIpc) is 2.97. The Labute approximate surface area is 159 Å². The van der Waals surface area contributed by atoms with Gasteiger partial charge in [-0.3, -0.25) is 9.20 Å². The molecule has 0 fully saturated rings. The molecule has 0 aliphatic carbocycles. The number of carbonyl (C=O) groups excluding carboxylic acids is 1. The molecule has 2 heterocycles. The molecule has 0 atom stereocenters. The molecule has 0 aliphatic heterocycles. The maximum atomic E-state index is 13.2. The molecule has 8 heteroatoms. The number of benzene rings is 1. The van der Waals surface area contributed by atoms with Gasteiger partial charge in [0.05, 0.1) is 16.3 Å². The van der Waals surface area contributed by atoms with Crippen LogP contribution in [0.4, 0.5) is 18.9 Å². The van der Waals surface area contributed by atoms with Crippen molar-refractivity contribution in [1.29, 1.82) is 0 Å². The Morgan fingerprint density at radius 1 is 1.30 bits per heavy atom. The van der Waals surface area contributed by atoms with Crippen LogP contribution in [0, 0.1) is 13.8 Å². The van der Waals surface area contributed by atoms with Crippen LogP contribution < -0.4 is 5.32 Å². The van der Waals surface area contributed by atoms with Gasteiger partial charge in [-0.1, -0.05) is 30.7 Å². The molecule has 1 amide bonds. The minimum absolute atomic E-state index is 0.0430. The Morgan fingerprint density at radius 3 is 2.63 bits per heavy atom. The summed E-state index contributed by atoms with van der Waals surface area (Å²) in [6.07, 6.45) is -3.37. The third kappa shape index (κ3) is 3.51. The number of imidazole rings is 1.